The zero-order chi connectivity index (χ0) is 16.1. The van der Waals surface area contributed by atoms with Crippen molar-refractivity contribution < 1.29 is 14.6 Å². The Morgan fingerprint density at radius 1 is 0.913 bits per heavy atom. The van der Waals surface area contributed by atoms with Gasteiger partial charge in [-0.1, -0.05) is 54.6 Å². The fraction of sp³-hybridized carbons (Fsp3) is 0.0500. The van der Waals surface area contributed by atoms with Gasteiger partial charge in [-0.15, -0.1) is 0 Å². The summed E-state index contributed by atoms with van der Waals surface area (Å²) in [5, 5.41) is 10.2. The minimum Gasteiger partial charge on any atom is -0.507 e. The first-order valence-electron chi connectivity index (χ1n) is 7.32. The second-order valence-corrected chi connectivity index (χ2v) is 5.16. The average Bonchev–Trinajstić information content (AvgIpc) is 2.61. The summed E-state index contributed by atoms with van der Waals surface area (Å²) < 4.78 is 5.80. The van der Waals surface area contributed by atoms with Crippen LogP contribution in [0.25, 0.3) is 11.1 Å². The molecule has 0 heterocycles. The van der Waals surface area contributed by atoms with Gasteiger partial charge in [-0.3, -0.25) is 4.79 Å². The van der Waals surface area contributed by atoms with E-state index < -0.39 is 0 Å². The Morgan fingerprint density at radius 2 is 1.70 bits per heavy atom. The van der Waals surface area contributed by atoms with Crippen molar-refractivity contribution in [1.82, 2.24) is 0 Å². The molecule has 0 aliphatic rings. The van der Waals surface area contributed by atoms with Crippen LogP contribution >= 0.6 is 0 Å². The molecular formula is C20H16O3. The third-order valence-electron chi connectivity index (χ3n) is 3.59. The first kappa shape index (κ1) is 14.9. The Morgan fingerprint density at radius 3 is 2.48 bits per heavy atom. The van der Waals surface area contributed by atoms with Crippen LogP contribution in [-0.2, 0) is 6.61 Å². The molecule has 1 N–H and O–H groups in total. The van der Waals surface area contributed by atoms with Crippen LogP contribution in [0.1, 0.15) is 15.9 Å². The highest BCUT2D eigenvalue weighted by Gasteiger charge is 2.09. The predicted octanol–water partition coefficient (Wildman–Crippen LogP) is 4.45. The van der Waals surface area contributed by atoms with E-state index in [1.165, 1.54) is 0 Å². The van der Waals surface area contributed by atoms with Crippen molar-refractivity contribution in [2.24, 2.45) is 0 Å². The standard InChI is InChI=1S/C20H16O3/c21-13-17-9-5-11-19(20(17)22)16-8-4-10-18(12-16)23-14-15-6-2-1-3-7-15/h1-13,22H,14H2. The lowest BCUT2D eigenvalue weighted by atomic mass is 10.0. The predicted molar refractivity (Wildman–Crippen MR) is 89.7 cm³/mol. The number of para-hydroxylation sites is 1. The zero-order valence-corrected chi connectivity index (χ0v) is 12.5. The van der Waals surface area contributed by atoms with Crippen LogP contribution in [0.3, 0.4) is 0 Å². The number of hydrogen-bond donors (Lipinski definition) is 1. The minimum absolute atomic E-state index is 0.0114. The van der Waals surface area contributed by atoms with Crippen molar-refractivity contribution in [3.63, 3.8) is 0 Å². The van der Waals surface area contributed by atoms with E-state index in [0.717, 1.165) is 11.1 Å². The number of phenolic OH excluding ortho intramolecular Hbond substituents is 1. The van der Waals surface area contributed by atoms with Crippen molar-refractivity contribution in [3.05, 3.63) is 83.9 Å². The van der Waals surface area contributed by atoms with E-state index in [9.17, 15) is 9.90 Å². The Balaban J connectivity index is 1.84. The first-order valence-corrected chi connectivity index (χ1v) is 7.32. The fourth-order valence-corrected chi connectivity index (χ4v) is 2.38. The molecule has 3 rings (SSSR count). The van der Waals surface area contributed by atoms with Crippen LogP contribution in [0.5, 0.6) is 11.5 Å². The van der Waals surface area contributed by atoms with Gasteiger partial charge in [-0.25, -0.2) is 0 Å². The topological polar surface area (TPSA) is 46.5 Å². The highest BCUT2D eigenvalue weighted by molar-refractivity contribution is 5.85. The maximum Gasteiger partial charge on any atom is 0.153 e. The van der Waals surface area contributed by atoms with Crippen LogP contribution in [-0.4, -0.2) is 11.4 Å². The summed E-state index contributed by atoms with van der Waals surface area (Å²) in [5.74, 6) is 0.699. The van der Waals surface area contributed by atoms with Crippen LogP contribution in [0.4, 0.5) is 0 Å². The summed E-state index contributed by atoms with van der Waals surface area (Å²) in [5.41, 5.74) is 2.78. The SMILES string of the molecule is O=Cc1cccc(-c2cccc(OCc3ccccc3)c2)c1O. The van der Waals surface area contributed by atoms with Crippen LogP contribution < -0.4 is 4.74 Å². The molecule has 3 aromatic carbocycles. The van der Waals surface area contributed by atoms with E-state index in [2.05, 4.69) is 0 Å². The number of hydrogen-bond acceptors (Lipinski definition) is 3. The number of phenols is 1. The smallest absolute Gasteiger partial charge is 0.153 e. The average molecular weight is 304 g/mol. The van der Waals surface area contributed by atoms with Gasteiger partial charge in [0.1, 0.15) is 18.1 Å². The van der Waals surface area contributed by atoms with Crippen molar-refractivity contribution in [3.8, 4) is 22.6 Å². The second kappa shape index (κ2) is 6.79. The Bertz CT molecular complexity index is 810. The van der Waals surface area contributed by atoms with Gasteiger partial charge in [-0.05, 0) is 29.3 Å². The number of ether oxygens (including phenoxy) is 1. The molecule has 3 aromatic rings. The van der Waals surface area contributed by atoms with Gasteiger partial charge in [-0.2, -0.15) is 0 Å². The lowest BCUT2D eigenvalue weighted by Gasteiger charge is -2.10. The molecule has 0 atom stereocenters. The van der Waals surface area contributed by atoms with Gasteiger partial charge in [0, 0.05) is 5.56 Å². The Kier molecular flexibility index (Phi) is 4.39. The van der Waals surface area contributed by atoms with E-state index in [-0.39, 0.29) is 11.3 Å². The van der Waals surface area contributed by atoms with Crippen LogP contribution in [0, 0.1) is 0 Å². The molecule has 0 fully saturated rings. The molecule has 0 aliphatic heterocycles. The fourth-order valence-electron chi connectivity index (χ4n) is 2.38. The molecule has 3 nitrogen and oxygen atoms in total. The molecule has 23 heavy (non-hydrogen) atoms. The second-order valence-electron chi connectivity index (χ2n) is 5.16. The molecule has 0 radical (unpaired) electrons. The van der Waals surface area contributed by atoms with Gasteiger partial charge in [0.15, 0.2) is 6.29 Å². The monoisotopic (exact) mass is 304 g/mol. The van der Waals surface area contributed by atoms with E-state index >= 15 is 0 Å². The number of aldehydes is 1. The number of benzene rings is 3. The zero-order valence-electron chi connectivity index (χ0n) is 12.5. The lowest BCUT2D eigenvalue weighted by molar-refractivity contribution is 0.112. The summed E-state index contributed by atoms with van der Waals surface area (Å²) in [6.07, 6.45) is 0.647. The van der Waals surface area contributed by atoms with Crippen molar-refractivity contribution in [2.75, 3.05) is 0 Å². The summed E-state index contributed by atoms with van der Waals surface area (Å²) >= 11 is 0. The summed E-state index contributed by atoms with van der Waals surface area (Å²) in [6.45, 7) is 0.477. The molecule has 0 amide bonds. The number of carbonyl (C=O) groups excluding carboxylic acids is 1. The molecule has 0 spiro atoms. The van der Waals surface area contributed by atoms with Gasteiger partial charge >= 0.3 is 0 Å². The summed E-state index contributed by atoms with van der Waals surface area (Å²) in [7, 11) is 0. The largest absolute Gasteiger partial charge is 0.507 e. The van der Waals surface area contributed by atoms with E-state index in [0.29, 0.717) is 24.2 Å². The molecule has 114 valence electrons. The molecule has 0 aromatic heterocycles. The number of rotatable bonds is 5. The van der Waals surface area contributed by atoms with Gasteiger partial charge in [0.25, 0.3) is 0 Å². The van der Waals surface area contributed by atoms with Crippen LogP contribution in [0.15, 0.2) is 72.8 Å². The maximum absolute atomic E-state index is 11.0. The van der Waals surface area contributed by atoms with Gasteiger partial charge in [0.05, 0.1) is 5.56 Å². The molecule has 0 aliphatic carbocycles. The normalized spacial score (nSPS) is 10.3. The quantitative estimate of drug-likeness (QED) is 0.708. The lowest BCUT2D eigenvalue weighted by Crippen LogP contribution is -1.95. The Hall–Kier alpha value is -3.07. The molecule has 3 heteroatoms. The number of carbonyl (C=O) groups is 1. The van der Waals surface area contributed by atoms with Crippen molar-refractivity contribution in [2.45, 2.75) is 6.61 Å². The van der Waals surface area contributed by atoms with E-state index in [1.54, 1.807) is 18.2 Å². The number of aromatic hydroxyl groups is 1. The van der Waals surface area contributed by atoms with E-state index in [1.807, 2.05) is 54.6 Å². The van der Waals surface area contributed by atoms with Crippen molar-refractivity contribution >= 4 is 6.29 Å². The maximum atomic E-state index is 11.0. The van der Waals surface area contributed by atoms with E-state index in [4.69, 9.17) is 4.74 Å². The first-order chi connectivity index (χ1) is 11.3. The molecule has 0 bridgehead atoms. The molecular weight excluding hydrogens is 288 g/mol. The van der Waals surface area contributed by atoms with Crippen molar-refractivity contribution in [1.29, 1.82) is 0 Å². The third kappa shape index (κ3) is 3.40. The molecule has 0 saturated carbocycles. The highest BCUT2D eigenvalue weighted by Crippen LogP contribution is 2.33. The van der Waals surface area contributed by atoms with Gasteiger partial charge in [0.2, 0.25) is 0 Å². The summed E-state index contributed by atoms with van der Waals surface area (Å²) in [6, 6.07) is 22.5. The Labute approximate surface area is 134 Å². The molecule has 0 saturated heterocycles. The highest BCUT2D eigenvalue weighted by atomic mass is 16.5. The minimum atomic E-state index is -0.0114. The van der Waals surface area contributed by atoms with Gasteiger partial charge < -0.3 is 9.84 Å². The van der Waals surface area contributed by atoms with Crippen LogP contribution in [0.2, 0.25) is 0 Å². The summed E-state index contributed by atoms with van der Waals surface area (Å²) in [4.78, 5) is 11.0. The third-order valence-corrected chi connectivity index (χ3v) is 3.59. The molecule has 0 unspecified atom stereocenters.